The van der Waals surface area contributed by atoms with Crippen molar-refractivity contribution < 1.29 is 10.2 Å². The van der Waals surface area contributed by atoms with Gasteiger partial charge in [0.15, 0.2) is 11.5 Å². The molecule has 0 saturated heterocycles. The molecule has 0 atom stereocenters. The van der Waals surface area contributed by atoms with Crippen LogP contribution in [0.4, 0.5) is 0 Å². The summed E-state index contributed by atoms with van der Waals surface area (Å²) in [6, 6.07) is 3.29. The van der Waals surface area contributed by atoms with Gasteiger partial charge in [0, 0.05) is 11.1 Å². The first-order valence-electron chi connectivity index (χ1n) is 5.54. The van der Waals surface area contributed by atoms with Crippen molar-refractivity contribution in [3.8, 4) is 11.5 Å². The summed E-state index contributed by atoms with van der Waals surface area (Å²) in [4.78, 5) is 0. The molecule has 1 aromatic carbocycles. The lowest BCUT2D eigenvalue weighted by Gasteiger charge is -2.34. The maximum absolute atomic E-state index is 9.88. The van der Waals surface area contributed by atoms with Crippen LogP contribution in [-0.4, -0.2) is 10.2 Å². The largest absolute Gasteiger partial charge is 0.504 e. The van der Waals surface area contributed by atoms with Crippen molar-refractivity contribution in [3.63, 3.8) is 0 Å². The Bertz CT molecular complexity index is 400. The molecule has 1 fully saturated rings. The van der Waals surface area contributed by atoms with Crippen LogP contribution < -0.4 is 5.73 Å². The highest BCUT2D eigenvalue weighted by Gasteiger charge is 2.33. The number of rotatable bonds is 1. The molecule has 4 heteroatoms. The predicted molar refractivity (Wildman–Crippen MR) is 63.7 cm³/mol. The van der Waals surface area contributed by atoms with E-state index in [0.717, 1.165) is 25.7 Å². The molecule has 0 heterocycles. The molecule has 0 radical (unpaired) electrons. The van der Waals surface area contributed by atoms with Gasteiger partial charge in [0.25, 0.3) is 0 Å². The Kier molecular flexibility index (Phi) is 3.00. The Labute approximate surface area is 99.8 Å². The van der Waals surface area contributed by atoms with Crippen molar-refractivity contribution in [2.45, 2.75) is 37.6 Å². The second-order valence-corrected chi connectivity index (χ2v) is 4.92. The van der Waals surface area contributed by atoms with Gasteiger partial charge in [-0.15, -0.1) is 0 Å². The van der Waals surface area contributed by atoms with Gasteiger partial charge in [0.1, 0.15) is 0 Å². The van der Waals surface area contributed by atoms with Crippen molar-refractivity contribution >= 4 is 11.6 Å². The van der Waals surface area contributed by atoms with Gasteiger partial charge in [0.05, 0.1) is 5.02 Å². The van der Waals surface area contributed by atoms with Crippen LogP contribution in [0.15, 0.2) is 12.1 Å². The number of hydrogen-bond acceptors (Lipinski definition) is 3. The second-order valence-electron chi connectivity index (χ2n) is 4.51. The summed E-state index contributed by atoms with van der Waals surface area (Å²) < 4.78 is 0. The monoisotopic (exact) mass is 241 g/mol. The summed E-state index contributed by atoms with van der Waals surface area (Å²) in [5.41, 5.74) is 6.37. The lowest BCUT2D eigenvalue weighted by Crippen LogP contribution is -2.38. The average molecular weight is 242 g/mol. The maximum atomic E-state index is 9.88. The Morgan fingerprint density at radius 1 is 1.06 bits per heavy atom. The van der Waals surface area contributed by atoms with E-state index in [1.807, 2.05) is 0 Å². The van der Waals surface area contributed by atoms with Gasteiger partial charge < -0.3 is 15.9 Å². The number of phenols is 2. The van der Waals surface area contributed by atoms with E-state index in [9.17, 15) is 10.2 Å². The van der Waals surface area contributed by atoms with E-state index >= 15 is 0 Å². The summed E-state index contributed by atoms with van der Waals surface area (Å²) in [5.74, 6) is -0.438. The quantitative estimate of drug-likeness (QED) is 0.663. The molecule has 0 aliphatic heterocycles. The van der Waals surface area contributed by atoms with E-state index in [2.05, 4.69) is 0 Å². The minimum absolute atomic E-state index is 0.153. The fourth-order valence-electron chi connectivity index (χ4n) is 2.41. The smallest absolute Gasteiger partial charge is 0.176 e. The summed E-state index contributed by atoms with van der Waals surface area (Å²) >= 11 is 5.72. The van der Waals surface area contributed by atoms with Gasteiger partial charge in [-0.3, -0.25) is 0 Å². The number of phenolic OH excluding ortho intramolecular Hbond substituents is 2. The van der Waals surface area contributed by atoms with Crippen LogP contribution in [0.5, 0.6) is 11.5 Å². The lowest BCUT2D eigenvalue weighted by atomic mass is 9.77. The molecular weight excluding hydrogens is 226 g/mol. The third-order valence-corrected chi connectivity index (χ3v) is 3.69. The van der Waals surface area contributed by atoms with Gasteiger partial charge in [-0.2, -0.15) is 0 Å². The normalized spacial score (nSPS) is 19.6. The van der Waals surface area contributed by atoms with Gasteiger partial charge >= 0.3 is 0 Å². The number of nitrogens with two attached hydrogens (primary N) is 1. The topological polar surface area (TPSA) is 66.5 Å². The summed E-state index contributed by atoms with van der Waals surface area (Å²) in [6.45, 7) is 0. The number of hydrogen-bond donors (Lipinski definition) is 3. The third kappa shape index (κ3) is 1.85. The highest BCUT2D eigenvalue weighted by molar-refractivity contribution is 6.32. The highest BCUT2D eigenvalue weighted by Crippen LogP contribution is 2.44. The van der Waals surface area contributed by atoms with Crippen LogP contribution in [0.2, 0.25) is 5.02 Å². The molecule has 0 unspecified atom stereocenters. The van der Waals surface area contributed by atoms with Crippen LogP contribution in [0.3, 0.4) is 0 Å². The Balaban J connectivity index is 2.43. The fourth-order valence-corrected chi connectivity index (χ4v) is 2.56. The molecular formula is C12H16ClNO2. The number of aromatic hydroxyl groups is 2. The minimum Gasteiger partial charge on any atom is -0.504 e. The first-order valence-corrected chi connectivity index (χ1v) is 5.92. The first-order chi connectivity index (χ1) is 7.54. The Hall–Kier alpha value is -0.930. The SMILES string of the molecule is NC1(c2ccc(Cl)c(O)c2O)CCCCC1. The van der Waals surface area contributed by atoms with Crippen LogP contribution in [0.1, 0.15) is 37.7 Å². The molecule has 1 aliphatic rings. The van der Waals surface area contributed by atoms with Gasteiger partial charge in [-0.05, 0) is 18.9 Å². The summed E-state index contributed by atoms with van der Waals surface area (Å²) in [7, 11) is 0. The minimum atomic E-state index is -0.523. The molecule has 88 valence electrons. The van der Waals surface area contributed by atoms with Crippen molar-refractivity contribution in [2.24, 2.45) is 5.73 Å². The third-order valence-electron chi connectivity index (χ3n) is 3.38. The van der Waals surface area contributed by atoms with E-state index in [1.165, 1.54) is 6.42 Å². The van der Waals surface area contributed by atoms with Gasteiger partial charge in [-0.1, -0.05) is 36.9 Å². The Morgan fingerprint density at radius 3 is 2.31 bits per heavy atom. The zero-order valence-corrected chi connectivity index (χ0v) is 9.80. The van der Waals surface area contributed by atoms with Crippen molar-refractivity contribution in [3.05, 3.63) is 22.7 Å². The number of benzene rings is 1. The molecule has 1 aliphatic carbocycles. The van der Waals surface area contributed by atoms with Crippen molar-refractivity contribution in [1.82, 2.24) is 0 Å². The lowest BCUT2D eigenvalue weighted by molar-refractivity contribution is 0.288. The predicted octanol–water partition coefficient (Wildman–Crippen LogP) is 2.87. The molecule has 3 nitrogen and oxygen atoms in total. The molecule has 0 bridgehead atoms. The molecule has 1 saturated carbocycles. The molecule has 0 spiro atoms. The van der Waals surface area contributed by atoms with E-state index in [-0.39, 0.29) is 16.5 Å². The standard InChI is InChI=1S/C12H16ClNO2/c13-9-5-4-8(10(15)11(9)16)12(14)6-2-1-3-7-12/h4-5,15-16H,1-3,6-7,14H2. The molecule has 0 amide bonds. The average Bonchev–Trinajstić information content (AvgIpc) is 2.27. The maximum Gasteiger partial charge on any atom is 0.176 e. The van der Waals surface area contributed by atoms with Crippen LogP contribution in [-0.2, 0) is 5.54 Å². The van der Waals surface area contributed by atoms with E-state index in [0.29, 0.717) is 5.56 Å². The molecule has 4 N–H and O–H groups in total. The van der Waals surface area contributed by atoms with Gasteiger partial charge in [0.2, 0.25) is 0 Å². The van der Waals surface area contributed by atoms with Crippen molar-refractivity contribution in [1.29, 1.82) is 0 Å². The Morgan fingerprint density at radius 2 is 1.69 bits per heavy atom. The van der Waals surface area contributed by atoms with Crippen LogP contribution in [0, 0.1) is 0 Å². The van der Waals surface area contributed by atoms with E-state index in [4.69, 9.17) is 17.3 Å². The highest BCUT2D eigenvalue weighted by atomic mass is 35.5. The van der Waals surface area contributed by atoms with E-state index < -0.39 is 5.54 Å². The summed E-state index contributed by atoms with van der Waals surface area (Å²) in [6.07, 6.45) is 4.96. The molecule has 16 heavy (non-hydrogen) atoms. The van der Waals surface area contributed by atoms with Gasteiger partial charge in [-0.25, -0.2) is 0 Å². The zero-order valence-electron chi connectivity index (χ0n) is 9.04. The van der Waals surface area contributed by atoms with Crippen molar-refractivity contribution in [2.75, 3.05) is 0 Å². The first kappa shape index (κ1) is 11.6. The van der Waals surface area contributed by atoms with Crippen LogP contribution >= 0.6 is 11.6 Å². The molecule has 2 rings (SSSR count). The molecule has 1 aromatic rings. The van der Waals surface area contributed by atoms with Crippen LogP contribution in [0.25, 0.3) is 0 Å². The fraction of sp³-hybridized carbons (Fsp3) is 0.500. The second kappa shape index (κ2) is 4.15. The van der Waals surface area contributed by atoms with E-state index in [1.54, 1.807) is 12.1 Å². The molecule has 0 aromatic heterocycles. The zero-order chi connectivity index (χ0) is 11.8. The summed E-state index contributed by atoms with van der Waals surface area (Å²) in [5, 5.41) is 19.6. The number of halogens is 1.